The van der Waals surface area contributed by atoms with E-state index in [0.29, 0.717) is 12.6 Å². The molecule has 2 aromatic rings. The van der Waals surface area contributed by atoms with E-state index in [1.54, 1.807) is 0 Å². The first-order valence-corrected chi connectivity index (χ1v) is 7.37. The van der Waals surface area contributed by atoms with Crippen molar-refractivity contribution in [2.75, 3.05) is 25.1 Å². The van der Waals surface area contributed by atoms with Crippen LogP contribution >= 0.6 is 0 Å². The van der Waals surface area contributed by atoms with Crippen LogP contribution in [0.5, 0.6) is 5.75 Å². The van der Waals surface area contributed by atoms with Crippen LogP contribution in [0, 0.1) is 0 Å². The van der Waals surface area contributed by atoms with Crippen molar-refractivity contribution < 1.29 is 4.74 Å². The maximum atomic E-state index is 5.82. The number of ether oxygens (including phenoxy) is 1. The molecule has 21 heavy (non-hydrogen) atoms. The molecule has 0 spiro atoms. The third-order valence-electron chi connectivity index (χ3n) is 3.98. The summed E-state index contributed by atoms with van der Waals surface area (Å²) in [5.74, 6) is 2.00. The van der Waals surface area contributed by atoms with Crippen molar-refractivity contribution in [2.45, 2.75) is 19.5 Å². The minimum atomic E-state index is 0.322. The van der Waals surface area contributed by atoms with Gasteiger partial charge in [-0.2, -0.15) is 0 Å². The van der Waals surface area contributed by atoms with Gasteiger partial charge in [0, 0.05) is 24.3 Å². The van der Waals surface area contributed by atoms with Crippen molar-refractivity contribution >= 4 is 5.82 Å². The zero-order valence-corrected chi connectivity index (χ0v) is 12.5. The van der Waals surface area contributed by atoms with Crippen LogP contribution in [-0.4, -0.2) is 25.2 Å². The van der Waals surface area contributed by atoms with Crippen LogP contribution in [-0.2, 0) is 6.54 Å². The topological polar surface area (TPSA) is 37.4 Å². The summed E-state index contributed by atoms with van der Waals surface area (Å²) in [7, 11) is 1.97. The lowest BCUT2D eigenvalue weighted by Crippen LogP contribution is -2.26. The number of benzene rings is 1. The maximum Gasteiger partial charge on any atom is 0.129 e. The molecule has 1 aliphatic rings. The number of fused-ring (bicyclic) bond motifs is 1. The number of nitrogens with zero attached hydrogens (tertiary/aromatic N) is 2. The standard InChI is InChI=1S/C17H21N3O/c1-13(18-2)14-7-8-19-17(11-14)20-9-10-21-16-6-4-3-5-15(16)12-20/h3-8,11,13,18H,9-10,12H2,1-2H3. The Hall–Kier alpha value is -2.07. The minimum absolute atomic E-state index is 0.322. The van der Waals surface area contributed by atoms with Gasteiger partial charge in [0.15, 0.2) is 0 Å². The molecule has 4 nitrogen and oxygen atoms in total. The summed E-state index contributed by atoms with van der Waals surface area (Å²) >= 11 is 0. The highest BCUT2D eigenvalue weighted by Crippen LogP contribution is 2.26. The molecular weight excluding hydrogens is 262 g/mol. The van der Waals surface area contributed by atoms with Crippen LogP contribution in [0.1, 0.15) is 24.1 Å². The van der Waals surface area contributed by atoms with Gasteiger partial charge in [-0.3, -0.25) is 0 Å². The van der Waals surface area contributed by atoms with Gasteiger partial charge >= 0.3 is 0 Å². The van der Waals surface area contributed by atoms with E-state index in [0.717, 1.165) is 24.7 Å². The van der Waals surface area contributed by atoms with Gasteiger partial charge in [-0.25, -0.2) is 4.98 Å². The Labute approximate surface area is 125 Å². The Morgan fingerprint density at radius 2 is 2.14 bits per heavy atom. The summed E-state index contributed by atoms with van der Waals surface area (Å²) in [5, 5.41) is 3.27. The lowest BCUT2D eigenvalue weighted by Gasteiger charge is -2.22. The predicted molar refractivity (Wildman–Crippen MR) is 84.7 cm³/mol. The Morgan fingerprint density at radius 1 is 1.29 bits per heavy atom. The van der Waals surface area contributed by atoms with Crippen molar-refractivity contribution in [1.82, 2.24) is 10.3 Å². The summed E-state index contributed by atoms with van der Waals surface area (Å²) in [5.41, 5.74) is 2.46. The highest BCUT2D eigenvalue weighted by Gasteiger charge is 2.17. The van der Waals surface area contributed by atoms with E-state index in [1.807, 2.05) is 25.4 Å². The lowest BCUT2D eigenvalue weighted by molar-refractivity contribution is 0.331. The molecule has 1 N–H and O–H groups in total. The number of hydrogen-bond acceptors (Lipinski definition) is 4. The van der Waals surface area contributed by atoms with Gasteiger partial charge in [-0.05, 0) is 37.7 Å². The molecule has 2 heterocycles. The molecule has 1 aromatic carbocycles. The van der Waals surface area contributed by atoms with Crippen molar-refractivity contribution in [3.8, 4) is 5.75 Å². The Bertz CT molecular complexity index is 614. The molecule has 0 bridgehead atoms. The first-order valence-electron chi connectivity index (χ1n) is 7.37. The molecule has 0 amide bonds. The average molecular weight is 283 g/mol. The second kappa shape index (κ2) is 6.14. The number of nitrogens with one attached hydrogen (secondary N) is 1. The third-order valence-corrected chi connectivity index (χ3v) is 3.98. The Kier molecular flexibility index (Phi) is 4.06. The molecular formula is C17H21N3O. The molecule has 0 aliphatic carbocycles. The largest absolute Gasteiger partial charge is 0.491 e. The van der Waals surface area contributed by atoms with E-state index in [9.17, 15) is 0 Å². The van der Waals surface area contributed by atoms with Gasteiger partial charge in [0.1, 0.15) is 18.2 Å². The highest BCUT2D eigenvalue weighted by molar-refractivity contribution is 5.45. The molecule has 1 unspecified atom stereocenters. The fraction of sp³-hybridized carbons (Fsp3) is 0.353. The highest BCUT2D eigenvalue weighted by atomic mass is 16.5. The van der Waals surface area contributed by atoms with Crippen LogP contribution < -0.4 is 15.0 Å². The SMILES string of the molecule is CNC(C)c1ccnc(N2CCOc3ccccc3C2)c1. The molecule has 0 saturated carbocycles. The smallest absolute Gasteiger partial charge is 0.129 e. The minimum Gasteiger partial charge on any atom is -0.491 e. The van der Waals surface area contributed by atoms with Crippen molar-refractivity contribution in [3.63, 3.8) is 0 Å². The molecule has 4 heteroatoms. The van der Waals surface area contributed by atoms with Crippen LogP contribution in [0.2, 0.25) is 0 Å². The summed E-state index contributed by atoms with van der Waals surface area (Å²) in [6.45, 7) is 4.52. The Balaban J connectivity index is 1.87. The van der Waals surface area contributed by atoms with E-state index >= 15 is 0 Å². The van der Waals surface area contributed by atoms with Crippen LogP contribution in [0.4, 0.5) is 5.82 Å². The van der Waals surface area contributed by atoms with E-state index in [1.165, 1.54) is 11.1 Å². The molecule has 1 atom stereocenters. The van der Waals surface area contributed by atoms with Gasteiger partial charge in [0.05, 0.1) is 6.54 Å². The zero-order valence-electron chi connectivity index (χ0n) is 12.5. The molecule has 110 valence electrons. The first-order chi connectivity index (χ1) is 10.3. The van der Waals surface area contributed by atoms with Gasteiger partial charge in [-0.15, -0.1) is 0 Å². The number of aromatic nitrogens is 1. The molecule has 0 fully saturated rings. The predicted octanol–water partition coefficient (Wildman–Crippen LogP) is 2.76. The summed E-state index contributed by atoms with van der Waals surface area (Å²) in [6.07, 6.45) is 1.89. The Morgan fingerprint density at radius 3 is 3.00 bits per heavy atom. The van der Waals surface area contributed by atoms with Gasteiger partial charge in [0.2, 0.25) is 0 Å². The van der Waals surface area contributed by atoms with Crippen LogP contribution in [0.15, 0.2) is 42.6 Å². The average Bonchev–Trinajstić information content (AvgIpc) is 2.76. The molecule has 1 aromatic heterocycles. The number of anilines is 1. The number of pyridine rings is 1. The van der Waals surface area contributed by atoms with Crippen LogP contribution in [0.25, 0.3) is 0 Å². The van der Waals surface area contributed by atoms with Crippen molar-refractivity contribution in [1.29, 1.82) is 0 Å². The number of para-hydroxylation sites is 1. The van der Waals surface area contributed by atoms with Crippen molar-refractivity contribution in [2.24, 2.45) is 0 Å². The normalized spacial score (nSPS) is 15.8. The molecule has 0 radical (unpaired) electrons. The van der Waals surface area contributed by atoms with Gasteiger partial charge < -0.3 is 15.0 Å². The quantitative estimate of drug-likeness (QED) is 0.940. The van der Waals surface area contributed by atoms with E-state index in [4.69, 9.17) is 4.74 Å². The van der Waals surface area contributed by atoms with E-state index < -0.39 is 0 Å². The zero-order chi connectivity index (χ0) is 14.7. The monoisotopic (exact) mass is 283 g/mol. The first kappa shape index (κ1) is 13.9. The van der Waals surface area contributed by atoms with Gasteiger partial charge in [-0.1, -0.05) is 18.2 Å². The summed E-state index contributed by atoms with van der Waals surface area (Å²) in [4.78, 5) is 6.81. The molecule has 1 aliphatic heterocycles. The second-order valence-corrected chi connectivity index (χ2v) is 5.34. The number of rotatable bonds is 3. The number of hydrogen-bond donors (Lipinski definition) is 1. The molecule has 3 rings (SSSR count). The second-order valence-electron chi connectivity index (χ2n) is 5.34. The fourth-order valence-corrected chi connectivity index (χ4v) is 2.56. The molecule has 0 saturated heterocycles. The third kappa shape index (κ3) is 3.00. The maximum absolute atomic E-state index is 5.82. The van der Waals surface area contributed by atoms with E-state index in [-0.39, 0.29) is 0 Å². The van der Waals surface area contributed by atoms with Gasteiger partial charge in [0.25, 0.3) is 0 Å². The van der Waals surface area contributed by atoms with Crippen molar-refractivity contribution in [3.05, 3.63) is 53.7 Å². The van der Waals surface area contributed by atoms with E-state index in [2.05, 4.69) is 46.4 Å². The summed E-state index contributed by atoms with van der Waals surface area (Å²) in [6, 6.07) is 12.8. The lowest BCUT2D eigenvalue weighted by atomic mass is 10.1. The summed E-state index contributed by atoms with van der Waals surface area (Å²) < 4.78 is 5.82. The fourth-order valence-electron chi connectivity index (χ4n) is 2.56. The van der Waals surface area contributed by atoms with Crippen LogP contribution in [0.3, 0.4) is 0 Å².